The number of hydrogen-bond acceptors (Lipinski definition) is 2. The van der Waals surface area contributed by atoms with Crippen molar-refractivity contribution < 1.29 is 0 Å². The fraction of sp³-hybridized carbons (Fsp3) is 1.00. The van der Waals surface area contributed by atoms with Crippen LogP contribution in [0.3, 0.4) is 0 Å². The quantitative estimate of drug-likeness (QED) is 0.507. The average molecular weight is 287 g/mol. The van der Waals surface area contributed by atoms with Crippen LogP contribution < -0.4 is 0 Å². The van der Waals surface area contributed by atoms with Crippen molar-refractivity contribution in [3.63, 3.8) is 0 Å². The van der Waals surface area contributed by atoms with Crippen LogP contribution in [0.15, 0.2) is 0 Å². The standard InChI is InChI=1S/C16H38N2Si/c1-8-14-15-19(16(7)9-2,17(10-3)11-4)18(12-5)13-6/h16H,8-15H2,1-7H3. The van der Waals surface area contributed by atoms with Gasteiger partial charge in [0.1, 0.15) is 0 Å². The molecule has 0 saturated carbocycles. The van der Waals surface area contributed by atoms with Crippen LogP contribution in [-0.4, -0.2) is 43.7 Å². The van der Waals surface area contributed by atoms with Gasteiger partial charge in [-0.15, -0.1) is 0 Å². The normalized spacial score (nSPS) is 14.4. The van der Waals surface area contributed by atoms with E-state index in [4.69, 9.17) is 0 Å². The largest absolute Gasteiger partial charge is 0.312 e. The molecule has 1 atom stereocenters. The molecule has 2 nitrogen and oxygen atoms in total. The molecule has 0 N–H and O–H groups in total. The minimum atomic E-state index is -1.51. The maximum Gasteiger partial charge on any atom is 0.209 e. The number of unbranched alkanes of at least 4 members (excludes halogenated alkanes) is 1. The Labute approximate surface area is 123 Å². The van der Waals surface area contributed by atoms with E-state index in [9.17, 15) is 0 Å². The van der Waals surface area contributed by atoms with E-state index in [0.717, 1.165) is 5.54 Å². The summed E-state index contributed by atoms with van der Waals surface area (Å²) < 4.78 is 5.70. The van der Waals surface area contributed by atoms with Crippen LogP contribution in [0, 0.1) is 0 Å². The fourth-order valence-electron chi connectivity index (χ4n) is 3.69. The lowest BCUT2D eigenvalue weighted by Crippen LogP contribution is -2.67. The van der Waals surface area contributed by atoms with E-state index in [1.54, 1.807) is 0 Å². The summed E-state index contributed by atoms with van der Waals surface area (Å²) in [5.74, 6) is 0. The van der Waals surface area contributed by atoms with E-state index in [1.807, 2.05) is 0 Å². The van der Waals surface area contributed by atoms with Gasteiger partial charge in [0.15, 0.2) is 0 Å². The second-order valence-corrected chi connectivity index (χ2v) is 10.1. The third-order valence-corrected chi connectivity index (χ3v) is 11.5. The molecule has 0 aromatic rings. The van der Waals surface area contributed by atoms with Crippen LogP contribution in [-0.2, 0) is 0 Å². The highest BCUT2D eigenvalue weighted by Gasteiger charge is 2.46. The molecule has 0 amide bonds. The second-order valence-electron chi connectivity index (χ2n) is 5.64. The van der Waals surface area contributed by atoms with Crippen LogP contribution in [0.4, 0.5) is 0 Å². The van der Waals surface area contributed by atoms with Gasteiger partial charge in [-0.1, -0.05) is 67.7 Å². The summed E-state index contributed by atoms with van der Waals surface area (Å²) in [7, 11) is -1.51. The van der Waals surface area contributed by atoms with Gasteiger partial charge < -0.3 is 9.13 Å². The van der Waals surface area contributed by atoms with Gasteiger partial charge in [0.25, 0.3) is 0 Å². The highest BCUT2D eigenvalue weighted by atomic mass is 28.3. The molecule has 0 radical (unpaired) electrons. The first kappa shape index (κ1) is 19.1. The van der Waals surface area contributed by atoms with Gasteiger partial charge in [-0.05, 0) is 37.8 Å². The summed E-state index contributed by atoms with van der Waals surface area (Å²) in [6.45, 7) is 21.5. The Morgan fingerprint density at radius 1 is 0.789 bits per heavy atom. The molecule has 0 aromatic heterocycles. The van der Waals surface area contributed by atoms with Gasteiger partial charge in [-0.2, -0.15) is 0 Å². The number of nitrogens with zero attached hydrogens (tertiary/aromatic N) is 2. The molecular formula is C16H38N2Si. The monoisotopic (exact) mass is 286 g/mol. The molecule has 0 aliphatic heterocycles. The summed E-state index contributed by atoms with van der Waals surface area (Å²) >= 11 is 0. The molecule has 0 aromatic carbocycles. The molecule has 0 fully saturated rings. The Bertz CT molecular complexity index is 201. The summed E-state index contributed by atoms with van der Waals surface area (Å²) in [5.41, 5.74) is 0.860. The number of hydrogen-bond donors (Lipinski definition) is 0. The predicted octanol–water partition coefficient (Wildman–Crippen LogP) is 4.71. The van der Waals surface area contributed by atoms with Gasteiger partial charge in [-0.25, -0.2) is 0 Å². The molecule has 0 aliphatic carbocycles. The molecule has 0 aliphatic rings. The Morgan fingerprint density at radius 2 is 1.21 bits per heavy atom. The van der Waals surface area contributed by atoms with Crippen LogP contribution in [0.5, 0.6) is 0 Å². The maximum atomic E-state index is 2.85. The van der Waals surface area contributed by atoms with Gasteiger partial charge in [-0.3, -0.25) is 0 Å². The predicted molar refractivity (Wildman–Crippen MR) is 91.0 cm³/mol. The van der Waals surface area contributed by atoms with Crippen molar-refractivity contribution in [1.29, 1.82) is 0 Å². The van der Waals surface area contributed by atoms with E-state index in [0.29, 0.717) is 0 Å². The Balaban J connectivity index is 5.53. The molecule has 0 rings (SSSR count). The zero-order chi connectivity index (χ0) is 14.9. The van der Waals surface area contributed by atoms with E-state index in [2.05, 4.69) is 57.6 Å². The maximum absolute atomic E-state index is 2.85. The van der Waals surface area contributed by atoms with Crippen LogP contribution in [0.2, 0.25) is 11.6 Å². The molecule has 0 saturated heterocycles. The molecule has 0 bridgehead atoms. The zero-order valence-electron chi connectivity index (χ0n) is 14.6. The lowest BCUT2D eigenvalue weighted by Gasteiger charge is -2.52. The van der Waals surface area contributed by atoms with Crippen molar-refractivity contribution in [3.05, 3.63) is 0 Å². The molecule has 19 heavy (non-hydrogen) atoms. The zero-order valence-corrected chi connectivity index (χ0v) is 15.6. The Morgan fingerprint density at radius 3 is 1.47 bits per heavy atom. The molecule has 1 unspecified atom stereocenters. The molecule has 3 heteroatoms. The van der Waals surface area contributed by atoms with E-state index in [1.165, 1.54) is 51.5 Å². The SMILES string of the molecule is CCCC[Si](C(C)CC)(N(CC)CC)N(CC)CC. The third kappa shape index (κ3) is 4.30. The minimum absolute atomic E-state index is 0.860. The molecule has 0 heterocycles. The summed E-state index contributed by atoms with van der Waals surface area (Å²) in [6.07, 6.45) is 4.04. The van der Waals surface area contributed by atoms with Crippen molar-refractivity contribution in [3.8, 4) is 0 Å². The van der Waals surface area contributed by atoms with Crippen LogP contribution in [0.25, 0.3) is 0 Å². The van der Waals surface area contributed by atoms with Gasteiger partial charge in [0.2, 0.25) is 8.40 Å². The highest BCUT2D eigenvalue weighted by molar-refractivity contribution is 6.75. The van der Waals surface area contributed by atoms with Gasteiger partial charge >= 0.3 is 0 Å². The van der Waals surface area contributed by atoms with Crippen molar-refractivity contribution in [2.45, 2.75) is 79.3 Å². The molecule has 0 spiro atoms. The van der Waals surface area contributed by atoms with Gasteiger partial charge in [0.05, 0.1) is 0 Å². The lowest BCUT2D eigenvalue weighted by molar-refractivity contribution is 0.332. The van der Waals surface area contributed by atoms with E-state index in [-0.39, 0.29) is 0 Å². The summed E-state index contributed by atoms with van der Waals surface area (Å²) in [6, 6.07) is 1.45. The van der Waals surface area contributed by atoms with E-state index >= 15 is 0 Å². The van der Waals surface area contributed by atoms with Crippen molar-refractivity contribution >= 4 is 8.40 Å². The summed E-state index contributed by atoms with van der Waals surface area (Å²) in [5, 5.41) is 0. The lowest BCUT2D eigenvalue weighted by atomic mass is 10.4. The number of rotatable bonds is 11. The topological polar surface area (TPSA) is 6.48 Å². The molecular weight excluding hydrogens is 248 g/mol. The Hall–Kier alpha value is 0.137. The highest BCUT2D eigenvalue weighted by Crippen LogP contribution is 2.36. The first-order chi connectivity index (χ1) is 9.08. The first-order valence-electron chi connectivity index (χ1n) is 8.58. The smallest absolute Gasteiger partial charge is 0.209 e. The second kappa shape index (κ2) is 9.95. The molecule has 116 valence electrons. The first-order valence-corrected chi connectivity index (χ1v) is 10.8. The van der Waals surface area contributed by atoms with Crippen molar-refractivity contribution in [2.75, 3.05) is 26.2 Å². The van der Waals surface area contributed by atoms with Gasteiger partial charge in [0, 0.05) is 0 Å². The van der Waals surface area contributed by atoms with Crippen LogP contribution in [0.1, 0.15) is 67.7 Å². The average Bonchev–Trinajstić information content (AvgIpc) is 2.45. The van der Waals surface area contributed by atoms with Crippen molar-refractivity contribution in [2.24, 2.45) is 0 Å². The fourth-order valence-corrected chi connectivity index (χ4v) is 10.2. The van der Waals surface area contributed by atoms with Crippen LogP contribution >= 0.6 is 0 Å². The van der Waals surface area contributed by atoms with E-state index < -0.39 is 8.40 Å². The minimum Gasteiger partial charge on any atom is -0.312 e. The third-order valence-electron chi connectivity index (χ3n) is 4.92. The summed E-state index contributed by atoms with van der Waals surface area (Å²) in [4.78, 5) is 0. The van der Waals surface area contributed by atoms with Crippen molar-refractivity contribution in [1.82, 2.24) is 9.13 Å². The Kier molecular flexibility index (Phi) is 10.0.